The van der Waals surface area contributed by atoms with Crippen LogP contribution in [0.2, 0.25) is 0 Å². The zero-order chi connectivity index (χ0) is 23.5. The number of fused-ring (bicyclic) bond motifs is 1. The first kappa shape index (κ1) is 22.9. The second kappa shape index (κ2) is 10.2. The molecule has 34 heavy (non-hydrogen) atoms. The summed E-state index contributed by atoms with van der Waals surface area (Å²) in [5.74, 6) is 1.83. The Balaban J connectivity index is 1.32. The molecular formula is C26H36N6O2. The lowest BCUT2D eigenvalue weighted by molar-refractivity contribution is 0.0309. The van der Waals surface area contributed by atoms with Crippen LogP contribution in [0.5, 0.6) is 5.75 Å². The Hall–Kier alpha value is -2.84. The highest BCUT2D eigenvalue weighted by Crippen LogP contribution is 2.29. The average Bonchev–Trinajstić information content (AvgIpc) is 3.31. The molecule has 0 saturated carbocycles. The molecule has 3 aliphatic heterocycles. The van der Waals surface area contributed by atoms with Crippen molar-refractivity contribution >= 4 is 11.9 Å². The van der Waals surface area contributed by atoms with Crippen molar-refractivity contribution in [1.29, 1.82) is 0 Å². The van der Waals surface area contributed by atoms with E-state index in [1.807, 2.05) is 24.0 Å². The Labute approximate surface area is 202 Å². The van der Waals surface area contributed by atoms with E-state index in [1.54, 1.807) is 7.11 Å². The molecule has 0 spiro atoms. The molecule has 2 saturated heterocycles. The van der Waals surface area contributed by atoms with Gasteiger partial charge < -0.3 is 23.9 Å². The summed E-state index contributed by atoms with van der Waals surface area (Å²) in [7, 11) is 1.71. The molecule has 0 amide bonds. The fraction of sp³-hybridized carbons (Fsp3) is 0.538. The van der Waals surface area contributed by atoms with Gasteiger partial charge in [-0.05, 0) is 55.7 Å². The van der Waals surface area contributed by atoms with Crippen LogP contribution in [-0.4, -0.2) is 95.7 Å². The molecule has 1 aromatic heterocycles. The van der Waals surface area contributed by atoms with Crippen LogP contribution < -0.4 is 4.74 Å². The number of hydrogen-bond acceptors (Lipinski definition) is 7. The summed E-state index contributed by atoms with van der Waals surface area (Å²) in [6, 6.07) is 6.66. The standard InChI is InChI=1S/C26H36N6O2/c1-4-29-10-12-30(13-11-29)17-23-18-34-28-26-22(6-5-9-32(23)26)14-21-7-8-24(25(15-21)33-3)31-16-20(2)27-19-31/h7-8,14-16,19,23H,4-6,9-13,17-18H2,1-3H3/t23-/m0/s1. The van der Waals surface area contributed by atoms with Gasteiger partial charge in [0.15, 0.2) is 5.84 Å². The number of benzene rings is 1. The molecule has 1 aromatic carbocycles. The van der Waals surface area contributed by atoms with E-state index in [-0.39, 0.29) is 0 Å². The lowest BCUT2D eigenvalue weighted by Gasteiger charge is -2.43. The van der Waals surface area contributed by atoms with Crippen LogP contribution in [-0.2, 0) is 4.84 Å². The molecule has 0 aliphatic carbocycles. The average molecular weight is 465 g/mol. The van der Waals surface area contributed by atoms with E-state index in [0.717, 1.165) is 87.2 Å². The summed E-state index contributed by atoms with van der Waals surface area (Å²) in [4.78, 5) is 17.7. The lowest BCUT2D eigenvalue weighted by Crippen LogP contribution is -2.56. The highest BCUT2D eigenvalue weighted by molar-refractivity contribution is 6.02. The monoisotopic (exact) mass is 464 g/mol. The molecule has 0 radical (unpaired) electrons. The molecule has 4 heterocycles. The van der Waals surface area contributed by atoms with Crippen molar-refractivity contribution in [1.82, 2.24) is 24.3 Å². The number of nitrogens with zero attached hydrogens (tertiary/aromatic N) is 6. The maximum absolute atomic E-state index is 5.76. The quantitative estimate of drug-likeness (QED) is 0.655. The van der Waals surface area contributed by atoms with Gasteiger partial charge in [-0.15, -0.1) is 0 Å². The fourth-order valence-corrected chi connectivity index (χ4v) is 5.21. The second-order valence-electron chi connectivity index (χ2n) is 9.42. The Morgan fingerprint density at radius 3 is 2.71 bits per heavy atom. The Morgan fingerprint density at radius 1 is 1.15 bits per heavy atom. The molecule has 8 heteroatoms. The van der Waals surface area contributed by atoms with E-state index in [4.69, 9.17) is 9.57 Å². The normalized spacial score (nSPS) is 22.9. The number of aromatic nitrogens is 2. The number of amidine groups is 1. The van der Waals surface area contributed by atoms with Gasteiger partial charge in [0.05, 0.1) is 30.9 Å². The van der Waals surface area contributed by atoms with Gasteiger partial charge >= 0.3 is 0 Å². The first-order valence-electron chi connectivity index (χ1n) is 12.5. The molecular weight excluding hydrogens is 428 g/mol. The predicted octanol–water partition coefficient (Wildman–Crippen LogP) is 3.02. The van der Waals surface area contributed by atoms with Gasteiger partial charge in [0.25, 0.3) is 0 Å². The third-order valence-electron chi connectivity index (χ3n) is 7.18. The van der Waals surface area contributed by atoms with Crippen molar-refractivity contribution in [3.63, 3.8) is 0 Å². The highest BCUT2D eigenvalue weighted by atomic mass is 16.6. The summed E-state index contributed by atoms with van der Waals surface area (Å²) in [5, 5.41) is 4.51. The molecule has 1 atom stereocenters. The van der Waals surface area contributed by atoms with Crippen molar-refractivity contribution in [2.75, 3.05) is 59.5 Å². The van der Waals surface area contributed by atoms with Crippen LogP contribution in [0, 0.1) is 6.92 Å². The number of oxime groups is 1. The number of methoxy groups -OCH3 is 1. The minimum Gasteiger partial charge on any atom is -0.495 e. The van der Waals surface area contributed by atoms with Crippen LogP contribution in [0.15, 0.2) is 41.5 Å². The molecule has 3 aliphatic rings. The number of imidazole rings is 1. The number of piperazine rings is 1. The van der Waals surface area contributed by atoms with E-state index in [1.165, 1.54) is 5.57 Å². The van der Waals surface area contributed by atoms with Crippen molar-refractivity contribution in [2.24, 2.45) is 5.16 Å². The maximum Gasteiger partial charge on any atom is 0.171 e. The van der Waals surface area contributed by atoms with Gasteiger partial charge in [-0.3, -0.25) is 4.90 Å². The maximum atomic E-state index is 5.76. The number of piperidine rings is 1. The van der Waals surface area contributed by atoms with E-state index in [0.29, 0.717) is 12.6 Å². The van der Waals surface area contributed by atoms with Gasteiger partial charge in [-0.1, -0.05) is 18.1 Å². The summed E-state index contributed by atoms with van der Waals surface area (Å²) < 4.78 is 7.71. The number of hydrogen-bond donors (Lipinski definition) is 0. The van der Waals surface area contributed by atoms with Crippen molar-refractivity contribution < 1.29 is 9.57 Å². The Bertz CT molecular complexity index is 1050. The largest absolute Gasteiger partial charge is 0.495 e. The number of ether oxygens (including phenoxy) is 1. The highest BCUT2D eigenvalue weighted by Gasteiger charge is 2.33. The smallest absolute Gasteiger partial charge is 0.171 e. The van der Waals surface area contributed by atoms with Crippen LogP contribution in [0.3, 0.4) is 0 Å². The zero-order valence-electron chi connectivity index (χ0n) is 20.6. The summed E-state index contributed by atoms with van der Waals surface area (Å²) >= 11 is 0. The summed E-state index contributed by atoms with van der Waals surface area (Å²) in [6.07, 6.45) is 8.20. The molecule has 182 valence electrons. The van der Waals surface area contributed by atoms with Crippen molar-refractivity contribution in [3.8, 4) is 11.4 Å². The van der Waals surface area contributed by atoms with Crippen molar-refractivity contribution in [2.45, 2.75) is 32.7 Å². The molecule has 5 rings (SSSR count). The van der Waals surface area contributed by atoms with Crippen LogP contribution in [0.4, 0.5) is 0 Å². The third kappa shape index (κ3) is 4.83. The van der Waals surface area contributed by atoms with E-state index >= 15 is 0 Å². The fourth-order valence-electron chi connectivity index (χ4n) is 5.21. The summed E-state index contributed by atoms with van der Waals surface area (Å²) in [5.41, 5.74) is 4.31. The number of rotatable bonds is 6. The first-order valence-corrected chi connectivity index (χ1v) is 12.5. The molecule has 8 nitrogen and oxygen atoms in total. The van der Waals surface area contributed by atoms with Gasteiger partial charge in [0.1, 0.15) is 12.4 Å². The zero-order valence-corrected chi connectivity index (χ0v) is 20.6. The van der Waals surface area contributed by atoms with E-state index < -0.39 is 0 Å². The lowest BCUT2D eigenvalue weighted by atomic mass is 9.98. The molecule has 0 unspecified atom stereocenters. The van der Waals surface area contributed by atoms with Crippen LogP contribution in [0.1, 0.15) is 31.0 Å². The Morgan fingerprint density at radius 2 is 1.97 bits per heavy atom. The van der Waals surface area contributed by atoms with Gasteiger partial charge in [0.2, 0.25) is 0 Å². The SMILES string of the molecule is CCN1CCN(C[C@H]2CON=C3C(=Cc4ccc(-n5cnc(C)c5)c(OC)c4)CCCN32)CC1. The number of aryl methyl sites for hydroxylation is 1. The summed E-state index contributed by atoms with van der Waals surface area (Å²) in [6.45, 7) is 12.7. The van der Waals surface area contributed by atoms with Crippen molar-refractivity contribution in [3.05, 3.63) is 47.6 Å². The molecule has 0 N–H and O–H groups in total. The number of likely N-dealkylation sites (N-methyl/N-ethyl adjacent to an activating group) is 1. The van der Waals surface area contributed by atoms with E-state index in [9.17, 15) is 0 Å². The topological polar surface area (TPSA) is 58.4 Å². The van der Waals surface area contributed by atoms with Gasteiger partial charge in [0, 0.05) is 45.5 Å². The van der Waals surface area contributed by atoms with Gasteiger partial charge in [-0.25, -0.2) is 4.98 Å². The third-order valence-corrected chi connectivity index (χ3v) is 7.18. The van der Waals surface area contributed by atoms with Crippen LogP contribution in [0.25, 0.3) is 11.8 Å². The van der Waals surface area contributed by atoms with E-state index in [2.05, 4.69) is 56.0 Å². The first-order chi connectivity index (χ1) is 16.6. The molecule has 0 bridgehead atoms. The predicted molar refractivity (Wildman–Crippen MR) is 134 cm³/mol. The van der Waals surface area contributed by atoms with Crippen LogP contribution >= 0.6 is 0 Å². The molecule has 2 fully saturated rings. The molecule has 2 aromatic rings. The minimum absolute atomic E-state index is 0.353. The second-order valence-corrected chi connectivity index (χ2v) is 9.42. The van der Waals surface area contributed by atoms with Gasteiger partial charge in [-0.2, -0.15) is 0 Å². The Kier molecular flexibility index (Phi) is 6.87. The minimum atomic E-state index is 0.353.